The van der Waals surface area contributed by atoms with E-state index < -0.39 is 23.6 Å². The molecule has 0 unspecified atom stereocenters. The smallest absolute Gasteiger partial charge is 0.414 e. The van der Waals surface area contributed by atoms with E-state index in [1.807, 2.05) is 4.90 Å². The van der Waals surface area contributed by atoms with Gasteiger partial charge in [0.05, 0.1) is 42.9 Å². The molecule has 1 atom stereocenters. The van der Waals surface area contributed by atoms with Crippen molar-refractivity contribution in [2.75, 3.05) is 22.9 Å². The molecule has 34 heavy (non-hydrogen) atoms. The molecule has 1 N–H and O–H groups in total. The Hall–Kier alpha value is -3.63. The number of esters is 1. The maximum atomic E-state index is 15.1. The van der Waals surface area contributed by atoms with Crippen molar-refractivity contribution in [2.45, 2.75) is 59.0 Å². The summed E-state index contributed by atoms with van der Waals surface area (Å²) in [6.07, 6.45) is 0.597. The maximum absolute atomic E-state index is 15.1. The van der Waals surface area contributed by atoms with E-state index in [0.29, 0.717) is 24.5 Å². The number of anilines is 2. The van der Waals surface area contributed by atoms with Gasteiger partial charge in [0.1, 0.15) is 24.1 Å². The fraction of sp³-hybridized carbons (Fsp3) is 0.478. The normalized spacial score (nSPS) is 17.6. The summed E-state index contributed by atoms with van der Waals surface area (Å²) >= 11 is 0. The molecular formula is C23H28FN5O5. The van der Waals surface area contributed by atoms with E-state index in [1.165, 1.54) is 17.9 Å². The molecule has 1 fully saturated rings. The average Bonchev–Trinajstić information content (AvgIpc) is 3.40. The fourth-order valence-electron chi connectivity index (χ4n) is 4.03. The Morgan fingerprint density at radius 1 is 1.29 bits per heavy atom. The van der Waals surface area contributed by atoms with Gasteiger partial charge in [0, 0.05) is 19.0 Å². The molecule has 3 heterocycles. The predicted molar refractivity (Wildman–Crippen MR) is 121 cm³/mol. The van der Waals surface area contributed by atoms with E-state index in [0.717, 1.165) is 11.3 Å². The molecule has 2 aromatic rings. The van der Waals surface area contributed by atoms with E-state index in [9.17, 15) is 14.4 Å². The minimum atomic E-state index is -0.587. The topological polar surface area (TPSA) is 106 Å². The van der Waals surface area contributed by atoms with Crippen LogP contribution < -0.4 is 15.1 Å². The molecule has 182 valence electrons. The Bertz CT molecular complexity index is 1130. The fourth-order valence-corrected chi connectivity index (χ4v) is 4.03. The minimum absolute atomic E-state index is 0.0153. The number of halogens is 1. The summed E-state index contributed by atoms with van der Waals surface area (Å²) in [4.78, 5) is 38.7. The maximum Gasteiger partial charge on any atom is 0.414 e. The van der Waals surface area contributed by atoms with Gasteiger partial charge in [-0.15, -0.1) is 0 Å². The number of nitrogens with zero attached hydrogens (tertiary/aromatic N) is 4. The molecule has 0 saturated carbocycles. The van der Waals surface area contributed by atoms with Crippen molar-refractivity contribution < 1.29 is 28.2 Å². The molecule has 2 aliphatic heterocycles. The number of amides is 2. The van der Waals surface area contributed by atoms with Gasteiger partial charge in [-0.2, -0.15) is 5.10 Å². The molecule has 4 rings (SSSR count). The van der Waals surface area contributed by atoms with E-state index in [1.54, 1.807) is 43.8 Å². The van der Waals surface area contributed by atoms with Gasteiger partial charge in [0.2, 0.25) is 5.91 Å². The molecule has 10 nitrogen and oxygen atoms in total. The van der Waals surface area contributed by atoms with Crippen LogP contribution in [-0.4, -0.2) is 52.5 Å². The van der Waals surface area contributed by atoms with Gasteiger partial charge < -0.3 is 19.7 Å². The third-order valence-corrected chi connectivity index (χ3v) is 5.47. The third-order valence-electron chi connectivity index (χ3n) is 5.47. The number of hydrogen-bond donors (Lipinski definition) is 1. The predicted octanol–water partition coefficient (Wildman–Crippen LogP) is 2.35. The number of aromatic nitrogens is 2. The first-order valence-electron chi connectivity index (χ1n) is 11.0. The van der Waals surface area contributed by atoms with Crippen molar-refractivity contribution in [3.05, 3.63) is 41.5 Å². The zero-order chi connectivity index (χ0) is 24.6. The quantitative estimate of drug-likeness (QED) is 0.642. The molecule has 0 spiro atoms. The van der Waals surface area contributed by atoms with Crippen LogP contribution in [0.2, 0.25) is 0 Å². The van der Waals surface area contributed by atoms with Gasteiger partial charge in [-0.3, -0.25) is 19.2 Å². The lowest BCUT2D eigenvalue weighted by molar-refractivity contribution is -0.155. The molecule has 0 aliphatic carbocycles. The number of benzene rings is 1. The molecule has 11 heteroatoms. The van der Waals surface area contributed by atoms with Crippen LogP contribution in [0.4, 0.5) is 20.6 Å². The van der Waals surface area contributed by atoms with E-state index in [4.69, 9.17) is 9.47 Å². The largest absolute Gasteiger partial charge is 0.459 e. The highest BCUT2D eigenvalue weighted by Crippen LogP contribution is 2.33. The zero-order valence-electron chi connectivity index (χ0n) is 19.6. The number of carbonyl (C=O) groups is 3. The van der Waals surface area contributed by atoms with Crippen molar-refractivity contribution in [3.63, 3.8) is 0 Å². The third kappa shape index (κ3) is 5.13. The Morgan fingerprint density at radius 2 is 2.06 bits per heavy atom. The van der Waals surface area contributed by atoms with Crippen LogP contribution in [0.3, 0.4) is 0 Å². The number of ether oxygens (including phenoxy) is 2. The Morgan fingerprint density at radius 3 is 2.74 bits per heavy atom. The molecule has 0 bridgehead atoms. The Kier molecular flexibility index (Phi) is 6.20. The van der Waals surface area contributed by atoms with Crippen molar-refractivity contribution in [2.24, 2.45) is 0 Å². The van der Waals surface area contributed by atoms with Crippen LogP contribution in [0.5, 0.6) is 0 Å². The van der Waals surface area contributed by atoms with Gasteiger partial charge in [-0.05, 0) is 39.0 Å². The summed E-state index contributed by atoms with van der Waals surface area (Å²) in [5.41, 5.74) is 1.92. The number of carbonyl (C=O) groups excluding carboxylic acids is 3. The average molecular weight is 474 g/mol. The Balaban J connectivity index is 1.43. The minimum Gasteiger partial charge on any atom is -0.459 e. The summed E-state index contributed by atoms with van der Waals surface area (Å²) in [6.45, 7) is 8.03. The Labute approximate surface area is 196 Å². The summed E-state index contributed by atoms with van der Waals surface area (Å²) in [5, 5.41) is 6.89. The lowest BCUT2D eigenvalue weighted by Crippen LogP contribution is -2.33. The first-order valence-corrected chi connectivity index (χ1v) is 11.0. The van der Waals surface area contributed by atoms with Crippen LogP contribution in [-0.2, 0) is 38.7 Å². The van der Waals surface area contributed by atoms with Crippen molar-refractivity contribution in [1.29, 1.82) is 0 Å². The summed E-state index contributed by atoms with van der Waals surface area (Å²) in [6, 6.07) is 4.58. The van der Waals surface area contributed by atoms with Crippen LogP contribution in [0.1, 0.15) is 39.0 Å². The lowest BCUT2D eigenvalue weighted by atomic mass is 10.2. The van der Waals surface area contributed by atoms with Gasteiger partial charge in [0.25, 0.3) is 0 Å². The number of cyclic esters (lactones) is 1. The van der Waals surface area contributed by atoms with Gasteiger partial charge in [0.15, 0.2) is 0 Å². The number of rotatable bonds is 6. The first-order chi connectivity index (χ1) is 16.0. The second-order valence-electron chi connectivity index (χ2n) is 9.41. The van der Waals surface area contributed by atoms with Crippen LogP contribution in [0, 0.1) is 5.82 Å². The number of fused-ring (bicyclic) bond motifs is 1. The van der Waals surface area contributed by atoms with E-state index in [-0.39, 0.29) is 31.5 Å². The molecule has 1 aromatic heterocycles. The van der Waals surface area contributed by atoms with Crippen molar-refractivity contribution in [1.82, 2.24) is 15.1 Å². The van der Waals surface area contributed by atoms with Crippen LogP contribution in [0.25, 0.3) is 0 Å². The van der Waals surface area contributed by atoms with Crippen molar-refractivity contribution >= 4 is 29.3 Å². The van der Waals surface area contributed by atoms with Gasteiger partial charge in [-0.1, -0.05) is 0 Å². The molecule has 2 amide bonds. The van der Waals surface area contributed by atoms with E-state index >= 15 is 4.39 Å². The summed E-state index contributed by atoms with van der Waals surface area (Å²) in [5.74, 6) is -1.08. The van der Waals surface area contributed by atoms with Crippen LogP contribution >= 0.6 is 0 Å². The molecule has 1 saturated heterocycles. The van der Waals surface area contributed by atoms with Gasteiger partial charge in [-0.25, -0.2) is 9.18 Å². The highest BCUT2D eigenvalue weighted by atomic mass is 19.1. The monoisotopic (exact) mass is 473 g/mol. The SMILES string of the molecule is CC(=O)NC[C@H]1CN(c2ccc(N3Cc4cnn(CC(=O)OC(C)(C)C)c4C3)c(F)c2)C(=O)O1. The second-order valence-corrected chi connectivity index (χ2v) is 9.41. The van der Waals surface area contributed by atoms with Crippen molar-refractivity contribution in [3.8, 4) is 0 Å². The summed E-state index contributed by atoms with van der Waals surface area (Å²) in [7, 11) is 0. The number of nitrogens with one attached hydrogen (secondary N) is 1. The standard InChI is InChI=1S/C23H28FN5O5/c1-14(30)25-9-17-11-28(22(32)33-17)16-5-6-19(18(24)7-16)27-10-15-8-26-29(20(15)12-27)13-21(31)34-23(2,3)4/h5-8,17H,9-13H2,1-4H3,(H,25,30)/t17-/m0/s1. The molecule has 2 aliphatic rings. The number of hydrogen-bond acceptors (Lipinski definition) is 7. The zero-order valence-corrected chi connectivity index (χ0v) is 19.6. The lowest BCUT2D eigenvalue weighted by Gasteiger charge is -2.21. The highest BCUT2D eigenvalue weighted by Gasteiger charge is 2.33. The first kappa shape index (κ1) is 23.5. The molecule has 0 radical (unpaired) electrons. The van der Waals surface area contributed by atoms with Gasteiger partial charge >= 0.3 is 12.1 Å². The highest BCUT2D eigenvalue weighted by molar-refractivity contribution is 5.90. The summed E-state index contributed by atoms with van der Waals surface area (Å²) < 4.78 is 27.3. The second kappa shape index (κ2) is 8.96. The molecule has 1 aromatic carbocycles. The van der Waals surface area contributed by atoms with E-state index in [2.05, 4.69) is 10.4 Å². The molecular weight excluding hydrogens is 445 g/mol. The van der Waals surface area contributed by atoms with Crippen LogP contribution in [0.15, 0.2) is 24.4 Å².